The van der Waals surface area contributed by atoms with Crippen LogP contribution in [0.2, 0.25) is 0 Å². The van der Waals surface area contributed by atoms with Crippen LogP contribution >= 0.6 is 0 Å². The van der Waals surface area contributed by atoms with E-state index in [9.17, 15) is 0 Å². The van der Waals surface area contributed by atoms with Crippen LogP contribution in [0, 0.1) is 41.7 Å². The van der Waals surface area contributed by atoms with Gasteiger partial charge in [-0.25, -0.2) is 19.9 Å². The van der Waals surface area contributed by atoms with Gasteiger partial charge in [-0.3, -0.25) is 0 Å². The molecule has 1 aliphatic carbocycles. The summed E-state index contributed by atoms with van der Waals surface area (Å²) in [7, 11) is 0. The van der Waals surface area contributed by atoms with Crippen molar-refractivity contribution in [3.63, 3.8) is 0 Å². The molecule has 0 aliphatic heterocycles. The molecule has 1 aliphatic rings. The minimum Gasteiger partial charge on any atom is -0.237 e. The highest BCUT2D eigenvalue weighted by atomic mass is 14.9. The van der Waals surface area contributed by atoms with Crippen LogP contribution in [0.5, 0.6) is 0 Å². The molecule has 0 amide bonds. The summed E-state index contributed by atoms with van der Waals surface area (Å²) in [6.07, 6.45) is 7.14. The van der Waals surface area contributed by atoms with Crippen molar-refractivity contribution in [1.29, 1.82) is 0 Å². The van der Waals surface area contributed by atoms with Crippen molar-refractivity contribution in [3.8, 4) is 22.8 Å². The molecule has 4 nitrogen and oxygen atoms in total. The van der Waals surface area contributed by atoms with Crippen molar-refractivity contribution in [1.82, 2.24) is 19.9 Å². The molecule has 6 aromatic rings. The lowest BCUT2D eigenvalue weighted by molar-refractivity contribution is 1.17. The lowest BCUT2D eigenvalue weighted by Gasteiger charge is -2.06. The maximum absolute atomic E-state index is 4.49. The van der Waals surface area contributed by atoms with Crippen molar-refractivity contribution in [2.75, 3.05) is 0 Å². The molecule has 0 spiro atoms. The Labute approximate surface area is 206 Å². The van der Waals surface area contributed by atoms with Crippen molar-refractivity contribution in [3.05, 3.63) is 164 Å². The molecule has 0 bridgehead atoms. The van der Waals surface area contributed by atoms with Gasteiger partial charge in [0.05, 0.1) is 0 Å². The van der Waals surface area contributed by atoms with Crippen LogP contribution in [0.15, 0.2) is 122 Å². The summed E-state index contributed by atoms with van der Waals surface area (Å²) in [5.74, 6) is 1.45. The highest BCUT2D eigenvalue weighted by Gasteiger charge is 2.06. The van der Waals surface area contributed by atoms with Gasteiger partial charge in [0.25, 0.3) is 0 Å². The van der Waals surface area contributed by atoms with Gasteiger partial charge in [0.15, 0.2) is 11.6 Å². The summed E-state index contributed by atoms with van der Waals surface area (Å²) < 4.78 is 0. The molecular formula is C32H20N4. The van der Waals surface area contributed by atoms with Crippen molar-refractivity contribution in [2.24, 2.45) is 0 Å². The van der Waals surface area contributed by atoms with E-state index in [4.69, 9.17) is 0 Å². The highest BCUT2D eigenvalue weighted by molar-refractivity contribution is 5.56. The monoisotopic (exact) mass is 460 g/mol. The van der Waals surface area contributed by atoms with Gasteiger partial charge in [-0.1, -0.05) is 72.8 Å². The van der Waals surface area contributed by atoms with E-state index in [1.165, 1.54) is 41.7 Å². The summed E-state index contributed by atoms with van der Waals surface area (Å²) in [5, 5.41) is 9.46. The second-order valence-corrected chi connectivity index (χ2v) is 8.76. The molecule has 0 unspecified atom stereocenters. The molecule has 0 radical (unpaired) electrons. The molecule has 0 fully saturated rings. The standard InChI is InChI=1S/C32H20N4/c1-3-9-25-23(7-1)27-13-11-21(31-33-15-5-16-34-31)20-30(27)26-10-4-2-8-24(26)28-14-12-22(19-29(25)28)32-35-17-6-18-36-32/h1-20H/b27-23-,28-24-,29-25-,30-26-. The van der Waals surface area contributed by atoms with E-state index in [-0.39, 0.29) is 0 Å². The van der Waals surface area contributed by atoms with Crippen LogP contribution in [-0.4, -0.2) is 19.9 Å². The van der Waals surface area contributed by atoms with E-state index < -0.39 is 0 Å². The third-order valence-corrected chi connectivity index (χ3v) is 6.70. The Morgan fingerprint density at radius 3 is 1.03 bits per heavy atom. The summed E-state index contributed by atoms with van der Waals surface area (Å²) in [6.45, 7) is 0. The van der Waals surface area contributed by atoms with E-state index in [0.29, 0.717) is 0 Å². The van der Waals surface area contributed by atoms with E-state index in [0.717, 1.165) is 22.8 Å². The molecule has 4 heteroatoms. The van der Waals surface area contributed by atoms with Crippen LogP contribution in [0.1, 0.15) is 0 Å². The van der Waals surface area contributed by atoms with E-state index in [1.807, 2.05) is 12.1 Å². The van der Waals surface area contributed by atoms with Gasteiger partial charge in [-0.15, -0.1) is 0 Å². The third-order valence-electron chi connectivity index (χ3n) is 6.70. The Bertz CT molecular complexity index is 1990. The lowest BCUT2D eigenvalue weighted by atomic mass is 9.99. The fourth-order valence-corrected chi connectivity index (χ4v) is 5.08. The fourth-order valence-electron chi connectivity index (χ4n) is 5.08. The first kappa shape index (κ1) is 20.4. The molecule has 2 aromatic heterocycles. The second kappa shape index (κ2) is 8.36. The number of rotatable bonds is 2. The largest absolute Gasteiger partial charge is 0.237 e. The van der Waals surface area contributed by atoms with Gasteiger partial charge in [-0.05, 0) is 66.0 Å². The summed E-state index contributed by atoms with van der Waals surface area (Å²) in [6, 6.07) is 34.0. The smallest absolute Gasteiger partial charge is 0.159 e. The molecule has 168 valence electrons. The Balaban J connectivity index is 1.77. The first-order valence-corrected chi connectivity index (χ1v) is 11.9. The van der Waals surface area contributed by atoms with Gasteiger partial charge in [-0.2, -0.15) is 0 Å². The van der Waals surface area contributed by atoms with E-state index in [2.05, 4.69) is 105 Å². The maximum atomic E-state index is 4.49. The lowest BCUT2D eigenvalue weighted by Crippen LogP contribution is -1.93. The zero-order chi connectivity index (χ0) is 23.9. The van der Waals surface area contributed by atoms with Crippen molar-refractivity contribution in [2.45, 2.75) is 0 Å². The quantitative estimate of drug-likeness (QED) is 0.315. The first-order chi connectivity index (χ1) is 17.9. The van der Waals surface area contributed by atoms with Gasteiger partial charge in [0.1, 0.15) is 0 Å². The number of aromatic nitrogens is 4. The van der Waals surface area contributed by atoms with Crippen LogP contribution in [-0.2, 0) is 0 Å². The number of nitrogens with zero attached hydrogens (tertiary/aromatic N) is 4. The predicted molar refractivity (Wildman–Crippen MR) is 139 cm³/mol. The molecule has 36 heavy (non-hydrogen) atoms. The fraction of sp³-hybridized carbons (Fsp3) is 0. The zero-order valence-corrected chi connectivity index (χ0v) is 19.3. The molecule has 0 N–H and O–H groups in total. The molecule has 0 atom stereocenters. The third kappa shape index (κ3) is 3.31. The molecule has 4 aromatic carbocycles. The van der Waals surface area contributed by atoms with Crippen molar-refractivity contribution >= 4 is 0 Å². The van der Waals surface area contributed by atoms with Gasteiger partial charge >= 0.3 is 0 Å². The van der Waals surface area contributed by atoms with Crippen LogP contribution in [0.25, 0.3) is 22.8 Å². The Morgan fingerprint density at radius 2 is 0.639 bits per heavy atom. The van der Waals surface area contributed by atoms with Crippen LogP contribution in [0.3, 0.4) is 0 Å². The zero-order valence-electron chi connectivity index (χ0n) is 19.3. The molecule has 2 heterocycles. The van der Waals surface area contributed by atoms with Crippen molar-refractivity contribution < 1.29 is 0 Å². The number of benzene rings is 4. The number of hydrogen-bond donors (Lipinski definition) is 0. The van der Waals surface area contributed by atoms with Gasteiger partial charge < -0.3 is 0 Å². The van der Waals surface area contributed by atoms with Crippen LogP contribution < -0.4 is 0 Å². The average molecular weight is 461 g/mol. The predicted octanol–water partition coefficient (Wildman–Crippen LogP) is 6.06. The second-order valence-electron chi connectivity index (χ2n) is 8.76. The van der Waals surface area contributed by atoms with E-state index in [1.54, 1.807) is 24.8 Å². The first-order valence-electron chi connectivity index (χ1n) is 11.9. The highest BCUT2D eigenvalue weighted by Crippen LogP contribution is 2.21. The number of hydrogen-bond acceptors (Lipinski definition) is 4. The summed E-state index contributed by atoms with van der Waals surface area (Å²) >= 11 is 0. The number of fused-ring (bicyclic) bond motifs is 4. The SMILES string of the molecule is c1cnc(-c2ccc3/c(c2)=c2/cccc/c2=c2\ccc(-c4ncccn4)c\c2=c2/cccc/c2=3)nc1. The average Bonchev–Trinajstić information content (AvgIpc) is 2.97. The Hall–Kier alpha value is -4.96. The minimum absolute atomic E-state index is 0.723. The van der Waals surface area contributed by atoms with Gasteiger partial charge in [0, 0.05) is 35.9 Å². The normalized spacial score (nSPS) is 15.3. The Morgan fingerprint density at radius 1 is 0.306 bits per heavy atom. The minimum atomic E-state index is 0.723. The summed E-state index contributed by atoms with van der Waals surface area (Å²) in [5.41, 5.74) is 2.00. The Kier molecular flexibility index (Phi) is 4.74. The van der Waals surface area contributed by atoms with Crippen LogP contribution in [0.4, 0.5) is 0 Å². The topological polar surface area (TPSA) is 51.6 Å². The molecule has 7 rings (SSSR count). The molecular weight excluding hydrogens is 440 g/mol. The van der Waals surface area contributed by atoms with Gasteiger partial charge in [0.2, 0.25) is 0 Å². The van der Waals surface area contributed by atoms with E-state index >= 15 is 0 Å². The molecule has 0 saturated heterocycles. The maximum Gasteiger partial charge on any atom is 0.159 e. The molecule has 0 saturated carbocycles. The summed E-state index contributed by atoms with van der Waals surface area (Å²) in [4.78, 5) is 18.0.